The second-order valence-corrected chi connectivity index (χ2v) is 7.66. The lowest BCUT2D eigenvalue weighted by Gasteiger charge is -2.17. The Kier molecular flexibility index (Phi) is 5.48. The van der Waals surface area contributed by atoms with Crippen molar-refractivity contribution in [2.24, 2.45) is 0 Å². The molecule has 116 valence electrons. The number of unbranched alkanes of at least 4 members (excludes halogenated alkanes) is 4. The van der Waals surface area contributed by atoms with Crippen LogP contribution in [0, 0.1) is 0 Å². The maximum absolute atomic E-state index is 12.0. The van der Waals surface area contributed by atoms with E-state index in [4.69, 9.17) is 0 Å². The van der Waals surface area contributed by atoms with Gasteiger partial charge in [0.25, 0.3) is 0 Å². The fourth-order valence-electron chi connectivity index (χ4n) is 2.88. The summed E-state index contributed by atoms with van der Waals surface area (Å²) in [6, 6.07) is 6.37. The van der Waals surface area contributed by atoms with Crippen LogP contribution in [0.15, 0.2) is 18.2 Å². The van der Waals surface area contributed by atoms with Crippen molar-refractivity contribution in [2.45, 2.75) is 69.5 Å². The Hall–Kier alpha value is -0.830. The number of rotatable bonds is 7. The Morgan fingerprint density at radius 1 is 1.19 bits per heavy atom. The first-order chi connectivity index (χ1) is 9.96. The van der Waals surface area contributed by atoms with Gasteiger partial charge < -0.3 is 5.32 Å². The number of fused-ring (bicyclic) bond motifs is 1. The van der Waals surface area contributed by atoms with Gasteiger partial charge in [0, 0.05) is 10.5 Å². The number of hydrogen-bond donors (Lipinski definition) is 1. The smallest absolute Gasteiger partial charge is 0.234 e. The van der Waals surface area contributed by atoms with E-state index in [1.807, 2.05) is 19.9 Å². The molecule has 3 heteroatoms. The van der Waals surface area contributed by atoms with Crippen molar-refractivity contribution in [2.75, 3.05) is 5.32 Å². The summed E-state index contributed by atoms with van der Waals surface area (Å²) < 4.78 is 0. The summed E-state index contributed by atoms with van der Waals surface area (Å²) in [5, 5.41) is 2.97. The molecule has 1 aromatic rings. The zero-order valence-corrected chi connectivity index (χ0v) is 14.9. The van der Waals surface area contributed by atoms with Crippen LogP contribution in [0.1, 0.15) is 75.3 Å². The van der Waals surface area contributed by atoms with Crippen molar-refractivity contribution in [3.8, 4) is 0 Å². The van der Waals surface area contributed by atoms with Gasteiger partial charge in [-0.1, -0.05) is 67.1 Å². The first-order valence-electron chi connectivity index (χ1n) is 8.06. The van der Waals surface area contributed by atoms with Gasteiger partial charge in [0.2, 0.25) is 5.91 Å². The van der Waals surface area contributed by atoms with Crippen LogP contribution in [-0.4, -0.2) is 5.91 Å². The summed E-state index contributed by atoms with van der Waals surface area (Å²) in [7, 11) is 0. The number of carbonyl (C=O) groups is 1. The summed E-state index contributed by atoms with van der Waals surface area (Å²) in [6.07, 6.45) is 7.70. The molecule has 0 aromatic heterocycles. The van der Waals surface area contributed by atoms with E-state index in [1.54, 1.807) is 0 Å². The van der Waals surface area contributed by atoms with Gasteiger partial charge >= 0.3 is 0 Å². The summed E-state index contributed by atoms with van der Waals surface area (Å²) in [5.41, 5.74) is 2.96. The highest BCUT2D eigenvalue weighted by Gasteiger charge is 2.38. The SMILES string of the molecule is CCCCCCCC(Br)c1ccc2c(c1)C(C)(C)C(=O)N2. The van der Waals surface area contributed by atoms with Gasteiger partial charge in [-0.05, 0) is 37.5 Å². The molecule has 0 radical (unpaired) electrons. The van der Waals surface area contributed by atoms with E-state index in [-0.39, 0.29) is 5.91 Å². The summed E-state index contributed by atoms with van der Waals surface area (Å²) in [6.45, 7) is 6.23. The molecule has 0 bridgehead atoms. The van der Waals surface area contributed by atoms with Crippen molar-refractivity contribution in [1.29, 1.82) is 0 Å². The Labute approximate surface area is 136 Å². The van der Waals surface area contributed by atoms with Gasteiger partial charge in [0.15, 0.2) is 0 Å². The van der Waals surface area contributed by atoms with Gasteiger partial charge in [-0.3, -0.25) is 4.79 Å². The summed E-state index contributed by atoms with van der Waals surface area (Å²) >= 11 is 3.81. The molecule has 1 aliphatic rings. The number of alkyl halides is 1. The zero-order valence-electron chi connectivity index (χ0n) is 13.3. The predicted octanol–water partition coefficient (Wildman–Crippen LogP) is 5.71. The quantitative estimate of drug-likeness (QED) is 0.494. The molecule has 2 nitrogen and oxygen atoms in total. The fraction of sp³-hybridized carbons (Fsp3) is 0.611. The Morgan fingerprint density at radius 2 is 1.90 bits per heavy atom. The first-order valence-corrected chi connectivity index (χ1v) is 8.98. The number of nitrogens with one attached hydrogen (secondary N) is 1. The standard InChI is InChI=1S/C18H26BrNO/c1-4-5-6-7-8-9-15(19)13-10-11-16-14(12-13)18(2,3)17(21)20-16/h10-12,15H,4-9H2,1-3H3,(H,20,21). The zero-order chi connectivity index (χ0) is 15.5. The molecule has 1 heterocycles. The van der Waals surface area contributed by atoms with Crippen LogP contribution in [0.25, 0.3) is 0 Å². The number of carbonyl (C=O) groups excluding carboxylic acids is 1. The molecule has 0 aliphatic carbocycles. The minimum absolute atomic E-state index is 0.0975. The van der Waals surface area contributed by atoms with Gasteiger partial charge in [-0.25, -0.2) is 0 Å². The van der Waals surface area contributed by atoms with Crippen molar-refractivity contribution >= 4 is 27.5 Å². The Balaban J connectivity index is 1.99. The van der Waals surface area contributed by atoms with Gasteiger partial charge in [-0.15, -0.1) is 0 Å². The molecule has 1 unspecified atom stereocenters. The van der Waals surface area contributed by atoms with E-state index >= 15 is 0 Å². The third kappa shape index (κ3) is 3.68. The van der Waals surface area contributed by atoms with Gasteiger partial charge in [-0.2, -0.15) is 0 Å². The topological polar surface area (TPSA) is 29.1 Å². The van der Waals surface area contributed by atoms with Gasteiger partial charge in [0.05, 0.1) is 5.41 Å². The molecule has 1 amide bonds. The Morgan fingerprint density at radius 3 is 2.62 bits per heavy atom. The third-order valence-corrected chi connectivity index (χ3v) is 5.44. The normalized spacial score (nSPS) is 17.4. The second-order valence-electron chi connectivity index (χ2n) is 6.55. The highest BCUT2D eigenvalue weighted by atomic mass is 79.9. The molecule has 1 atom stereocenters. The predicted molar refractivity (Wildman–Crippen MR) is 93.1 cm³/mol. The third-order valence-electron chi connectivity index (χ3n) is 4.46. The average molecular weight is 352 g/mol. The van der Waals surface area contributed by atoms with Crippen LogP contribution in [0.5, 0.6) is 0 Å². The maximum Gasteiger partial charge on any atom is 0.234 e. The molecule has 0 saturated carbocycles. The number of benzene rings is 1. The minimum Gasteiger partial charge on any atom is -0.325 e. The van der Waals surface area contributed by atoms with Crippen LogP contribution in [0.3, 0.4) is 0 Å². The molecular formula is C18H26BrNO. The molecule has 2 rings (SSSR count). The summed E-state index contributed by atoms with van der Waals surface area (Å²) in [5.74, 6) is 0.0975. The molecule has 1 aliphatic heterocycles. The van der Waals surface area contributed by atoms with Gasteiger partial charge in [0.1, 0.15) is 0 Å². The minimum atomic E-state index is -0.417. The van der Waals surface area contributed by atoms with Crippen LogP contribution < -0.4 is 5.32 Å². The molecule has 1 N–H and O–H groups in total. The number of hydrogen-bond acceptors (Lipinski definition) is 1. The lowest BCUT2D eigenvalue weighted by molar-refractivity contribution is -0.119. The summed E-state index contributed by atoms with van der Waals surface area (Å²) in [4.78, 5) is 12.4. The number of halogens is 1. The van der Waals surface area contributed by atoms with Crippen LogP contribution in [-0.2, 0) is 10.2 Å². The lowest BCUT2D eigenvalue weighted by atomic mass is 9.85. The number of anilines is 1. The van der Waals surface area contributed by atoms with Crippen molar-refractivity contribution in [3.05, 3.63) is 29.3 Å². The fourth-order valence-corrected chi connectivity index (χ4v) is 3.49. The van der Waals surface area contributed by atoms with Crippen LogP contribution >= 0.6 is 15.9 Å². The van der Waals surface area contributed by atoms with Crippen LogP contribution in [0.2, 0.25) is 0 Å². The van der Waals surface area contributed by atoms with Crippen LogP contribution in [0.4, 0.5) is 5.69 Å². The highest BCUT2D eigenvalue weighted by Crippen LogP contribution is 2.40. The van der Waals surface area contributed by atoms with Crippen molar-refractivity contribution in [3.63, 3.8) is 0 Å². The largest absolute Gasteiger partial charge is 0.325 e. The van der Waals surface area contributed by atoms with E-state index in [0.29, 0.717) is 4.83 Å². The van der Waals surface area contributed by atoms with Crippen molar-refractivity contribution in [1.82, 2.24) is 0 Å². The van der Waals surface area contributed by atoms with E-state index in [0.717, 1.165) is 17.7 Å². The maximum atomic E-state index is 12.0. The average Bonchev–Trinajstić information content (AvgIpc) is 2.68. The Bertz CT molecular complexity index is 510. The van der Waals surface area contributed by atoms with E-state index < -0.39 is 5.41 Å². The molecule has 0 saturated heterocycles. The molecule has 0 fully saturated rings. The second kappa shape index (κ2) is 6.95. The molecular weight excluding hydrogens is 326 g/mol. The monoisotopic (exact) mass is 351 g/mol. The molecule has 1 aromatic carbocycles. The highest BCUT2D eigenvalue weighted by molar-refractivity contribution is 9.09. The first kappa shape index (κ1) is 16.5. The lowest BCUT2D eigenvalue weighted by Crippen LogP contribution is -2.26. The molecule has 21 heavy (non-hydrogen) atoms. The van der Waals surface area contributed by atoms with E-state index in [2.05, 4.69) is 40.3 Å². The number of amides is 1. The van der Waals surface area contributed by atoms with E-state index in [1.165, 1.54) is 37.7 Å². The van der Waals surface area contributed by atoms with Crippen molar-refractivity contribution < 1.29 is 4.79 Å². The van der Waals surface area contributed by atoms with E-state index in [9.17, 15) is 4.79 Å². The molecule has 0 spiro atoms.